The van der Waals surface area contributed by atoms with Crippen LogP contribution in [0.2, 0.25) is 0 Å². The lowest BCUT2D eigenvalue weighted by atomic mass is 9.97. The number of furan rings is 1. The first kappa shape index (κ1) is 28.3. The molecule has 7 aromatic carbocycles. The van der Waals surface area contributed by atoms with Gasteiger partial charge in [0.1, 0.15) is 11.3 Å². The van der Waals surface area contributed by atoms with Gasteiger partial charge in [-0.25, -0.2) is 9.97 Å². The molecular weight excluding hydrogens is 611 g/mol. The van der Waals surface area contributed by atoms with E-state index < -0.39 is 0 Å². The summed E-state index contributed by atoms with van der Waals surface area (Å²) in [5.74, 6) is 1.34. The summed E-state index contributed by atoms with van der Waals surface area (Å²) in [6.45, 7) is 0. The van der Waals surface area contributed by atoms with E-state index in [4.69, 9.17) is 14.4 Å². The fourth-order valence-electron chi connectivity index (χ4n) is 7.29. The minimum absolute atomic E-state index is 0.633. The van der Waals surface area contributed by atoms with Crippen LogP contribution in [-0.2, 0) is 0 Å². The van der Waals surface area contributed by atoms with Crippen LogP contribution in [0.15, 0.2) is 180 Å². The number of hydrogen-bond donors (Lipinski definition) is 0. The van der Waals surface area contributed by atoms with Crippen molar-refractivity contribution in [3.05, 3.63) is 176 Å². The second-order valence-electron chi connectivity index (χ2n) is 12.6. The molecule has 0 unspecified atom stereocenters. The topological polar surface area (TPSA) is 43.9 Å². The van der Waals surface area contributed by atoms with Gasteiger partial charge in [-0.3, -0.25) is 0 Å². The molecule has 0 aliphatic heterocycles. The zero-order valence-corrected chi connectivity index (χ0v) is 27.0. The zero-order chi connectivity index (χ0) is 33.0. The van der Waals surface area contributed by atoms with Crippen molar-refractivity contribution < 1.29 is 4.42 Å². The molecule has 0 atom stereocenters. The third kappa shape index (κ3) is 4.61. The molecule has 3 aromatic heterocycles. The zero-order valence-electron chi connectivity index (χ0n) is 27.0. The van der Waals surface area contributed by atoms with Gasteiger partial charge in [0.05, 0.1) is 22.4 Å². The van der Waals surface area contributed by atoms with Crippen molar-refractivity contribution in [3.8, 4) is 50.9 Å². The van der Waals surface area contributed by atoms with Crippen molar-refractivity contribution in [2.75, 3.05) is 0 Å². The van der Waals surface area contributed by atoms with Crippen LogP contribution < -0.4 is 0 Å². The average Bonchev–Trinajstić information content (AvgIpc) is 3.77. The lowest BCUT2D eigenvalue weighted by Gasteiger charge is -2.14. The normalized spacial score (nSPS) is 11.6. The summed E-state index contributed by atoms with van der Waals surface area (Å²) < 4.78 is 8.71. The molecule has 234 valence electrons. The highest BCUT2D eigenvalue weighted by atomic mass is 16.3. The van der Waals surface area contributed by atoms with E-state index in [-0.39, 0.29) is 0 Å². The molecule has 0 bridgehead atoms. The number of benzene rings is 7. The molecule has 0 radical (unpaired) electrons. The number of nitrogens with zero attached hydrogens (tertiary/aromatic N) is 3. The number of aromatic nitrogens is 3. The maximum atomic E-state index is 6.38. The second kappa shape index (κ2) is 11.4. The molecule has 10 rings (SSSR count). The highest BCUT2D eigenvalue weighted by Crippen LogP contribution is 2.38. The SMILES string of the molecule is c1ccc(-n2c3ccccc3c3ccccc32)c(-c2nc(-c3ccc(-c4cccc5ccccc45)cc3)cc(-c3cc4ccccc4o3)n2)c1. The first-order valence-electron chi connectivity index (χ1n) is 16.8. The van der Waals surface area contributed by atoms with Crippen molar-refractivity contribution in [1.82, 2.24) is 14.5 Å². The fourth-order valence-corrected chi connectivity index (χ4v) is 7.29. The fraction of sp³-hybridized carbons (Fsp3) is 0. The summed E-state index contributed by atoms with van der Waals surface area (Å²) in [5.41, 5.74) is 9.99. The number of rotatable bonds is 5. The predicted molar refractivity (Wildman–Crippen MR) is 205 cm³/mol. The summed E-state index contributed by atoms with van der Waals surface area (Å²) in [7, 11) is 0. The Bertz CT molecular complexity index is 2790. The number of para-hydroxylation sites is 4. The molecule has 0 saturated heterocycles. The molecule has 0 spiro atoms. The van der Waals surface area contributed by atoms with E-state index in [0.29, 0.717) is 11.6 Å². The molecule has 0 N–H and O–H groups in total. The lowest BCUT2D eigenvalue weighted by Crippen LogP contribution is -2.01. The van der Waals surface area contributed by atoms with E-state index in [0.717, 1.165) is 55.8 Å². The van der Waals surface area contributed by atoms with Gasteiger partial charge >= 0.3 is 0 Å². The molecule has 3 heterocycles. The number of fused-ring (bicyclic) bond motifs is 5. The van der Waals surface area contributed by atoms with Crippen molar-refractivity contribution >= 4 is 43.5 Å². The largest absolute Gasteiger partial charge is 0.454 e. The van der Waals surface area contributed by atoms with Crippen LogP contribution in [0.5, 0.6) is 0 Å². The summed E-state index contributed by atoms with van der Waals surface area (Å²) in [6, 6.07) is 61.4. The molecule has 50 heavy (non-hydrogen) atoms. The van der Waals surface area contributed by atoms with E-state index in [1.807, 2.05) is 24.3 Å². The molecule has 0 aliphatic carbocycles. The maximum Gasteiger partial charge on any atom is 0.162 e. The average molecular weight is 640 g/mol. The quantitative estimate of drug-likeness (QED) is 0.188. The van der Waals surface area contributed by atoms with E-state index in [2.05, 4.69) is 156 Å². The Morgan fingerprint density at radius 1 is 0.420 bits per heavy atom. The van der Waals surface area contributed by atoms with Gasteiger partial charge in [-0.15, -0.1) is 0 Å². The summed E-state index contributed by atoms with van der Waals surface area (Å²) >= 11 is 0. The molecule has 4 heteroatoms. The van der Waals surface area contributed by atoms with Crippen molar-refractivity contribution in [3.63, 3.8) is 0 Å². The van der Waals surface area contributed by atoms with Gasteiger partial charge < -0.3 is 8.98 Å². The Morgan fingerprint density at radius 3 is 1.78 bits per heavy atom. The van der Waals surface area contributed by atoms with Gasteiger partial charge in [-0.05, 0) is 64.4 Å². The van der Waals surface area contributed by atoms with Crippen molar-refractivity contribution in [2.24, 2.45) is 0 Å². The Balaban J connectivity index is 1.17. The van der Waals surface area contributed by atoms with Gasteiger partial charge in [0.25, 0.3) is 0 Å². The van der Waals surface area contributed by atoms with Crippen LogP contribution in [0.25, 0.3) is 94.5 Å². The summed E-state index contributed by atoms with van der Waals surface area (Å²) in [6.07, 6.45) is 0. The van der Waals surface area contributed by atoms with Crippen LogP contribution >= 0.6 is 0 Å². The standard InChI is InChI=1S/C46H29N3O/c1-3-15-34-30(12-1)14-11-19-35(34)31-24-26-32(27-25-31)39-29-40(45-28-33-13-2-10-23-44(33)50-45)48-46(47-39)38-18-6-9-22-43(38)49-41-20-7-4-16-36(41)37-17-5-8-21-42(37)49/h1-29H. The Hall–Kier alpha value is -6.78. The van der Waals surface area contributed by atoms with E-state index in [1.165, 1.54) is 27.1 Å². The number of hydrogen-bond acceptors (Lipinski definition) is 3. The lowest BCUT2D eigenvalue weighted by molar-refractivity contribution is 0.628. The van der Waals surface area contributed by atoms with Crippen molar-refractivity contribution in [2.45, 2.75) is 0 Å². The summed E-state index contributed by atoms with van der Waals surface area (Å²) in [4.78, 5) is 10.5. The van der Waals surface area contributed by atoms with E-state index in [9.17, 15) is 0 Å². The van der Waals surface area contributed by atoms with Crippen LogP contribution in [0.4, 0.5) is 0 Å². The molecular formula is C46H29N3O. The molecule has 0 saturated carbocycles. The highest BCUT2D eigenvalue weighted by molar-refractivity contribution is 6.09. The smallest absolute Gasteiger partial charge is 0.162 e. The maximum absolute atomic E-state index is 6.38. The van der Waals surface area contributed by atoms with Crippen LogP contribution in [0, 0.1) is 0 Å². The third-order valence-corrected chi connectivity index (χ3v) is 9.65. The van der Waals surface area contributed by atoms with Gasteiger partial charge in [-0.1, -0.05) is 133 Å². The van der Waals surface area contributed by atoms with Crippen LogP contribution in [0.3, 0.4) is 0 Å². The van der Waals surface area contributed by atoms with Gasteiger partial charge in [0.2, 0.25) is 0 Å². The van der Waals surface area contributed by atoms with Gasteiger partial charge in [0.15, 0.2) is 11.6 Å². The van der Waals surface area contributed by atoms with Crippen LogP contribution in [-0.4, -0.2) is 14.5 Å². The van der Waals surface area contributed by atoms with Crippen LogP contribution in [0.1, 0.15) is 0 Å². The monoisotopic (exact) mass is 639 g/mol. The molecule has 0 aliphatic rings. The Morgan fingerprint density at radius 2 is 1.00 bits per heavy atom. The predicted octanol–water partition coefficient (Wildman–Crippen LogP) is 12.1. The first-order valence-corrected chi connectivity index (χ1v) is 16.8. The Kier molecular flexibility index (Phi) is 6.46. The molecule has 0 fully saturated rings. The minimum atomic E-state index is 0.633. The molecule has 4 nitrogen and oxygen atoms in total. The Labute approximate surface area is 288 Å². The third-order valence-electron chi connectivity index (χ3n) is 9.65. The first-order chi connectivity index (χ1) is 24.8. The molecule has 10 aromatic rings. The minimum Gasteiger partial charge on any atom is -0.454 e. The molecule has 0 amide bonds. The van der Waals surface area contributed by atoms with E-state index in [1.54, 1.807) is 0 Å². The van der Waals surface area contributed by atoms with E-state index >= 15 is 0 Å². The second-order valence-corrected chi connectivity index (χ2v) is 12.6. The van der Waals surface area contributed by atoms with Gasteiger partial charge in [-0.2, -0.15) is 0 Å². The van der Waals surface area contributed by atoms with Crippen molar-refractivity contribution in [1.29, 1.82) is 0 Å². The summed E-state index contributed by atoms with van der Waals surface area (Å²) in [5, 5.41) is 5.92. The highest BCUT2D eigenvalue weighted by Gasteiger charge is 2.19. The van der Waals surface area contributed by atoms with Gasteiger partial charge in [0, 0.05) is 27.3 Å².